The van der Waals surface area contributed by atoms with Crippen LogP contribution < -0.4 is 14.8 Å². The summed E-state index contributed by atoms with van der Waals surface area (Å²) in [6, 6.07) is 15.5. The Morgan fingerprint density at radius 3 is 2.11 bits per heavy atom. The van der Waals surface area contributed by atoms with Gasteiger partial charge in [0.05, 0.1) is 12.0 Å². The molecule has 0 amide bonds. The Morgan fingerprint density at radius 1 is 0.852 bits per heavy atom. The fraction of sp³-hybridized carbons (Fsp3) is 0.158. The van der Waals surface area contributed by atoms with Gasteiger partial charge in [-0.3, -0.25) is 4.72 Å². The summed E-state index contributed by atoms with van der Waals surface area (Å²) >= 11 is 0. The van der Waals surface area contributed by atoms with Crippen molar-refractivity contribution in [1.82, 2.24) is 10.2 Å². The molecule has 0 unspecified atom stereocenters. The van der Waals surface area contributed by atoms with Crippen LogP contribution in [0.1, 0.15) is 11.1 Å². The Bertz CT molecular complexity index is 1030. The number of sulfonamides is 1. The number of benzene rings is 2. The van der Waals surface area contributed by atoms with Crippen molar-refractivity contribution in [3.05, 3.63) is 65.7 Å². The molecule has 0 aliphatic heterocycles. The molecule has 0 saturated carbocycles. The van der Waals surface area contributed by atoms with Gasteiger partial charge < -0.3 is 10.1 Å². The summed E-state index contributed by atoms with van der Waals surface area (Å²) in [5.74, 6) is 1.39. The van der Waals surface area contributed by atoms with Gasteiger partial charge in [-0.2, -0.15) is 0 Å². The second-order valence-corrected chi connectivity index (χ2v) is 7.69. The molecule has 1 heterocycles. The molecule has 7 nitrogen and oxygen atoms in total. The minimum atomic E-state index is -3.72. The van der Waals surface area contributed by atoms with Crippen LogP contribution in [0.3, 0.4) is 0 Å². The highest BCUT2D eigenvalue weighted by atomic mass is 32.2. The third-order valence-corrected chi connectivity index (χ3v) is 5.41. The summed E-state index contributed by atoms with van der Waals surface area (Å²) < 4.78 is 32.5. The first kappa shape index (κ1) is 18.7. The Morgan fingerprint density at radius 2 is 1.52 bits per heavy atom. The average molecular weight is 384 g/mol. The van der Waals surface area contributed by atoms with Crippen molar-refractivity contribution in [2.24, 2.45) is 0 Å². The predicted molar refractivity (Wildman–Crippen MR) is 105 cm³/mol. The van der Waals surface area contributed by atoms with Crippen LogP contribution in [0.15, 0.2) is 59.5 Å². The van der Waals surface area contributed by atoms with Crippen molar-refractivity contribution in [3.63, 3.8) is 0 Å². The molecule has 0 fully saturated rings. The largest absolute Gasteiger partial charge is 0.497 e. The van der Waals surface area contributed by atoms with E-state index in [0.29, 0.717) is 5.82 Å². The smallest absolute Gasteiger partial charge is 0.263 e. The number of nitrogens with zero attached hydrogens (tertiary/aromatic N) is 2. The minimum Gasteiger partial charge on any atom is -0.497 e. The van der Waals surface area contributed by atoms with E-state index in [0.717, 1.165) is 22.6 Å². The Balaban J connectivity index is 1.71. The van der Waals surface area contributed by atoms with Gasteiger partial charge in [0.25, 0.3) is 10.0 Å². The molecule has 3 rings (SSSR count). The van der Waals surface area contributed by atoms with E-state index in [4.69, 9.17) is 4.74 Å². The molecule has 0 atom stereocenters. The highest BCUT2D eigenvalue weighted by molar-refractivity contribution is 7.92. The van der Waals surface area contributed by atoms with Gasteiger partial charge in [0, 0.05) is 5.69 Å². The number of hydrogen-bond donors (Lipinski definition) is 2. The highest BCUT2D eigenvalue weighted by Crippen LogP contribution is 2.20. The Kier molecular flexibility index (Phi) is 5.27. The lowest BCUT2D eigenvalue weighted by Gasteiger charge is -2.10. The minimum absolute atomic E-state index is 0.147. The van der Waals surface area contributed by atoms with Crippen molar-refractivity contribution in [3.8, 4) is 5.75 Å². The molecular weight excluding hydrogens is 364 g/mol. The lowest BCUT2D eigenvalue weighted by atomic mass is 10.1. The number of methoxy groups -OCH3 is 1. The van der Waals surface area contributed by atoms with E-state index in [1.807, 2.05) is 38.1 Å². The van der Waals surface area contributed by atoms with Crippen LogP contribution >= 0.6 is 0 Å². The van der Waals surface area contributed by atoms with E-state index in [9.17, 15) is 8.42 Å². The summed E-state index contributed by atoms with van der Waals surface area (Å²) in [7, 11) is -2.12. The first-order chi connectivity index (χ1) is 12.9. The molecule has 0 aliphatic carbocycles. The maximum Gasteiger partial charge on any atom is 0.263 e. The molecule has 0 radical (unpaired) electrons. The monoisotopic (exact) mass is 384 g/mol. The number of ether oxygens (including phenoxy) is 1. The van der Waals surface area contributed by atoms with Crippen LogP contribution in [-0.4, -0.2) is 25.7 Å². The highest BCUT2D eigenvalue weighted by Gasteiger charge is 2.15. The fourth-order valence-electron chi connectivity index (χ4n) is 2.35. The number of rotatable bonds is 6. The third kappa shape index (κ3) is 4.53. The van der Waals surface area contributed by atoms with Crippen molar-refractivity contribution in [2.75, 3.05) is 17.1 Å². The number of anilines is 3. The molecule has 0 aliphatic rings. The van der Waals surface area contributed by atoms with E-state index in [1.165, 1.54) is 0 Å². The van der Waals surface area contributed by atoms with Gasteiger partial charge in [0.1, 0.15) is 5.75 Å². The quantitative estimate of drug-likeness (QED) is 0.674. The van der Waals surface area contributed by atoms with Crippen molar-refractivity contribution in [2.45, 2.75) is 18.7 Å². The maximum absolute atomic E-state index is 12.5. The topological polar surface area (TPSA) is 93.2 Å². The standard InChI is InChI=1S/C19H20N4O3S/c1-13-4-9-17(12-14(13)2)27(24,25)23-19-11-10-18(21-22-19)20-15-5-7-16(26-3)8-6-15/h4-12H,1-3H3,(H,20,21)(H,22,23). The first-order valence-electron chi connectivity index (χ1n) is 8.22. The second-order valence-electron chi connectivity index (χ2n) is 6.01. The maximum atomic E-state index is 12.5. The number of aryl methyl sites for hydroxylation is 2. The number of nitrogens with one attached hydrogen (secondary N) is 2. The summed E-state index contributed by atoms with van der Waals surface area (Å²) in [6.07, 6.45) is 0. The summed E-state index contributed by atoms with van der Waals surface area (Å²) in [6.45, 7) is 3.80. The van der Waals surface area contributed by atoms with Crippen LogP contribution in [0.5, 0.6) is 5.75 Å². The van der Waals surface area contributed by atoms with Crippen LogP contribution in [0, 0.1) is 13.8 Å². The fourth-order valence-corrected chi connectivity index (χ4v) is 3.43. The molecule has 0 saturated heterocycles. The van der Waals surface area contributed by atoms with Crippen molar-refractivity contribution >= 4 is 27.3 Å². The summed E-state index contributed by atoms with van der Waals surface area (Å²) in [5.41, 5.74) is 2.75. The average Bonchev–Trinajstić information content (AvgIpc) is 2.66. The Labute approximate surface area is 158 Å². The van der Waals surface area contributed by atoms with Crippen LogP contribution in [0.25, 0.3) is 0 Å². The SMILES string of the molecule is COc1ccc(Nc2ccc(NS(=O)(=O)c3ccc(C)c(C)c3)nn2)cc1. The lowest BCUT2D eigenvalue weighted by molar-refractivity contribution is 0.415. The van der Waals surface area contributed by atoms with Crippen molar-refractivity contribution in [1.29, 1.82) is 0 Å². The van der Waals surface area contributed by atoms with Gasteiger partial charge in [-0.05, 0) is 73.5 Å². The molecule has 1 aromatic heterocycles. The lowest BCUT2D eigenvalue weighted by Crippen LogP contribution is -2.14. The van der Waals surface area contributed by atoms with E-state index >= 15 is 0 Å². The van der Waals surface area contributed by atoms with Crippen LogP contribution in [0.2, 0.25) is 0 Å². The molecular formula is C19H20N4O3S. The molecule has 140 valence electrons. The molecule has 2 N–H and O–H groups in total. The van der Waals surface area contributed by atoms with E-state index in [-0.39, 0.29) is 10.7 Å². The molecule has 27 heavy (non-hydrogen) atoms. The molecule has 3 aromatic rings. The number of hydrogen-bond acceptors (Lipinski definition) is 6. The summed E-state index contributed by atoms with van der Waals surface area (Å²) in [4.78, 5) is 0.188. The zero-order valence-corrected chi connectivity index (χ0v) is 16.0. The zero-order chi connectivity index (χ0) is 19.4. The van der Waals surface area contributed by atoms with Crippen LogP contribution in [-0.2, 0) is 10.0 Å². The zero-order valence-electron chi connectivity index (χ0n) is 15.2. The van der Waals surface area contributed by atoms with Gasteiger partial charge in [-0.15, -0.1) is 10.2 Å². The number of aromatic nitrogens is 2. The van der Waals surface area contributed by atoms with Gasteiger partial charge in [0.2, 0.25) is 0 Å². The van der Waals surface area contributed by atoms with E-state index in [1.54, 1.807) is 37.4 Å². The van der Waals surface area contributed by atoms with Crippen molar-refractivity contribution < 1.29 is 13.2 Å². The van der Waals surface area contributed by atoms with E-state index < -0.39 is 10.0 Å². The van der Waals surface area contributed by atoms with E-state index in [2.05, 4.69) is 20.2 Å². The normalized spacial score (nSPS) is 11.1. The predicted octanol–water partition coefficient (Wildman–Crippen LogP) is 3.65. The molecule has 8 heteroatoms. The second kappa shape index (κ2) is 7.63. The third-order valence-electron chi connectivity index (χ3n) is 4.05. The van der Waals surface area contributed by atoms with Crippen LogP contribution in [0.4, 0.5) is 17.3 Å². The molecule has 2 aromatic carbocycles. The molecule has 0 bridgehead atoms. The molecule has 0 spiro atoms. The van der Waals surface area contributed by atoms with Gasteiger partial charge >= 0.3 is 0 Å². The van der Waals surface area contributed by atoms with Gasteiger partial charge in [-0.1, -0.05) is 6.07 Å². The summed E-state index contributed by atoms with van der Waals surface area (Å²) in [5, 5.41) is 11.0. The van der Waals surface area contributed by atoms with Gasteiger partial charge in [-0.25, -0.2) is 8.42 Å². The van der Waals surface area contributed by atoms with Gasteiger partial charge in [0.15, 0.2) is 11.6 Å². The Hall–Kier alpha value is -3.13. The first-order valence-corrected chi connectivity index (χ1v) is 9.70.